The average Bonchev–Trinajstić information content (AvgIpc) is 3.37. The summed E-state index contributed by atoms with van der Waals surface area (Å²) in [6.45, 7) is 1.07. The van der Waals surface area contributed by atoms with Crippen LogP contribution in [0.5, 0.6) is 0 Å². The van der Waals surface area contributed by atoms with Gasteiger partial charge in [0.15, 0.2) is 0 Å². The molecular weight excluding hydrogens is 246 g/mol. The van der Waals surface area contributed by atoms with Crippen molar-refractivity contribution in [2.45, 2.75) is 31.7 Å². The first-order valence-electron chi connectivity index (χ1n) is 7.41. The van der Waals surface area contributed by atoms with Crippen molar-refractivity contribution in [1.82, 2.24) is 4.98 Å². The zero-order chi connectivity index (χ0) is 13.5. The van der Waals surface area contributed by atoms with Crippen LogP contribution in [-0.4, -0.2) is 17.6 Å². The number of fused-ring (bicyclic) bond motifs is 1. The van der Waals surface area contributed by atoms with Crippen LogP contribution in [-0.2, 0) is 0 Å². The van der Waals surface area contributed by atoms with Gasteiger partial charge in [0.25, 0.3) is 0 Å². The van der Waals surface area contributed by atoms with Crippen molar-refractivity contribution in [1.29, 1.82) is 5.26 Å². The van der Waals surface area contributed by atoms with Gasteiger partial charge in [-0.1, -0.05) is 18.2 Å². The van der Waals surface area contributed by atoms with Crippen molar-refractivity contribution in [2.24, 2.45) is 5.92 Å². The maximum Gasteiger partial charge on any atom is 0.147 e. The molecule has 2 saturated carbocycles. The van der Waals surface area contributed by atoms with E-state index in [1.54, 1.807) is 0 Å². The van der Waals surface area contributed by atoms with Gasteiger partial charge in [-0.2, -0.15) is 5.26 Å². The molecule has 2 fully saturated rings. The molecule has 2 aliphatic rings. The van der Waals surface area contributed by atoms with Gasteiger partial charge in [-0.15, -0.1) is 0 Å². The molecule has 1 heterocycles. The van der Waals surface area contributed by atoms with E-state index in [0.717, 1.165) is 34.7 Å². The van der Waals surface area contributed by atoms with Gasteiger partial charge in [0.2, 0.25) is 0 Å². The first kappa shape index (κ1) is 11.7. The second kappa shape index (κ2) is 4.49. The lowest BCUT2D eigenvalue weighted by molar-refractivity contribution is 0.709. The van der Waals surface area contributed by atoms with Crippen molar-refractivity contribution in [3.8, 4) is 6.07 Å². The molecule has 100 valence electrons. The Morgan fingerprint density at radius 2 is 2.00 bits per heavy atom. The first-order chi connectivity index (χ1) is 9.85. The van der Waals surface area contributed by atoms with E-state index in [-0.39, 0.29) is 0 Å². The van der Waals surface area contributed by atoms with Gasteiger partial charge < -0.3 is 4.90 Å². The number of nitrogens with zero attached hydrogens (tertiary/aromatic N) is 3. The van der Waals surface area contributed by atoms with Crippen LogP contribution < -0.4 is 4.90 Å². The predicted octanol–water partition coefficient (Wildman–Crippen LogP) is 3.49. The summed E-state index contributed by atoms with van der Waals surface area (Å²) in [5.74, 6) is 1.72. The summed E-state index contributed by atoms with van der Waals surface area (Å²) in [6, 6.07) is 13.0. The highest BCUT2D eigenvalue weighted by atomic mass is 15.2. The van der Waals surface area contributed by atoms with Crippen molar-refractivity contribution in [3.63, 3.8) is 0 Å². The fraction of sp³-hybridized carbons (Fsp3) is 0.412. The number of aromatic nitrogens is 1. The monoisotopic (exact) mass is 263 g/mol. The SMILES string of the molecule is N#Cc1cc2ccccc2nc1N(CC1CC1)C1CC1. The second-order valence-corrected chi connectivity index (χ2v) is 5.99. The molecule has 2 aromatic rings. The zero-order valence-electron chi connectivity index (χ0n) is 11.4. The summed E-state index contributed by atoms with van der Waals surface area (Å²) >= 11 is 0. The van der Waals surface area contributed by atoms with Crippen LogP contribution in [0.3, 0.4) is 0 Å². The number of para-hydroxylation sites is 1. The lowest BCUT2D eigenvalue weighted by Gasteiger charge is -2.24. The Kier molecular flexibility index (Phi) is 2.63. The van der Waals surface area contributed by atoms with Crippen LogP contribution in [0.15, 0.2) is 30.3 Å². The van der Waals surface area contributed by atoms with Crippen LogP contribution >= 0.6 is 0 Å². The summed E-state index contributed by atoms with van der Waals surface area (Å²) in [7, 11) is 0. The minimum atomic E-state index is 0.608. The fourth-order valence-electron chi connectivity index (χ4n) is 2.78. The maximum absolute atomic E-state index is 9.46. The number of rotatable bonds is 4. The molecule has 2 aliphatic carbocycles. The molecule has 1 aromatic heterocycles. The van der Waals surface area contributed by atoms with Crippen molar-refractivity contribution < 1.29 is 0 Å². The van der Waals surface area contributed by atoms with Crippen LogP contribution in [0.25, 0.3) is 10.9 Å². The molecule has 1 aromatic carbocycles. The number of hydrogen-bond donors (Lipinski definition) is 0. The molecule has 0 bridgehead atoms. The molecule has 0 saturated heterocycles. The summed E-state index contributed by atoms with van der Waals surface area (Å²) in [5, 5.41) is 10.5. The van der Waals surface area contributed by atoms with E-state index in [1.807, 2.05) is 30.3 Å². The van der Waals surface area contributed by atoms with E-state index in [4.69, 9.17) is 4.98 Å². The third kappa shape index (κ3) is 2.12. The largest absolute Gasteiger partial charge is 0.352 e. The normalized spacial score (nSPS) is 17.9. The topological polar surface area (TPSA) is 39.9 Å². The Morgan fingerprint density at radius 1 is 1.20 bits per heavy atom. The van der Waals surface area contributed by atoms with Gasteiger partial charge in [-0.3, -0.25) is 0 Å². The van der Waals surface area contributed by atoms with Gasteiger partial charge in [-0.25, -0.2) is 4.98 Å². The van der Waals surface area contributed by atoms with Crippen LogP contribution in [0, 0.1) is 17.2 Å². The highest BCUT2D eigenvalue weighted by molar-refractivity contribution is 5.83. The number of benzene rings is 1. The molecule has 0 atom stereocenters. The Morgan fingerprint density at radius 3 is 2.70 bits per heavy atom. The molecule has 0 amide bonds. The number of pyridine rings is 1. The Balaban J connectivity index is 1.81. The third-order valence-electron chi connectivity index (χ3n) is 4.24. The number of hydrogen-bond acceptors (Lipinski definition) is 3. The smallest absolute Gasteiger partial charge is 0.147 e. The first-order valence-corrected chi connectivity index (χ1v) is 7.41. The van der Waals surface area contributed by atoms with Gasteiger partial charge >= 0.3 is 0 Å². The molecule has 0 spiro atoms. The minimum absolute atomic E-state index is 0.608. The molecule has 0 unspecified atom stereocenters. The van der Waals surface area contributed by atoms with Crippen molar-refractivity contribution in [3.05, 3.63) is 35.9 Å². The highest BCUT2D eigenvalue weighted by Gasteiger charge is 2.35. The van der Waals surface area contributed by atoms with Gasteiger partial charge in [0, 0.05) is 18.0 Å². The van der Waals surface area contributed by atoms with Crippen LogP contribution in [0.1, 0.15) is 31.2 Å². The molecular formula is C17H17N3. The average molecular weight is 263 g/mol. The summed E-state index contributed by atoms with van der Waals surface area (Å²) in [4.78, 5) is 7.18. The molecule has 3 heteroatoms. The minimum Gasteiger partial charge on any atom is -0.352 e. The summed E-state index contributed by atoms with van der Waals surface area (Å²) in [5.41, 5.74) is 1.71. The lowest BCUT2D eigenvalue weighted by atomic mass is 10.1. The highest BCUT2D eigenvalue weighted by Crippen LogP contribution is 2.38. The van der Waals surface area contributed by atoms with E-state index in [9.17, 15) is 5.26 Å². The predicted molar refractivity (Wildman–Crippen MR) is 79.6 cm³/mol. The second-order valence-electron chi connectivity index (χ2n) is 5.99. The summed E-state index contributed by atoms with van der Waals surface area (Å²) < 4.78 is 0. The Hall–Kier alpha value is -2.08. The van der Waals surface area contributed by atoms with E-state index >= 15 is 0 Å². The van der Waals surface area contributed by atoms with Crippen molar-refractivity contribution in [2.75, 3.05) is 11.4 Å². The molecule has 20 heavy (non-hydrogen) atoms. The van der Waals surface area contributed by atoms with E-state index in [1.165, 1.54) is 25.7 Å². The molecule has 3 nitrogen and oxygen atoms in total. The quantitative estimate of drug-likeness (QED) is 0.847. The van der Waals surface area contributed by atoms with Gasteiger partial charge in [-0.05, 0) is 43.7 Å². The zero-order valence-corrected chi connectivity index (χ0v) is 11.4. The molecule has 0 N–H and O–H groups in total. The standard InChI is InChI=1S/C17H17N3/c18-10-14-9-13-3-1-2-4-16(13)19-17(14)20(15-7-8-15)11-12-5-6-12/h1-4,9,12,15H,5-8,11H2. The number of nitriles is 1. The van der Waals surface area contributed by atoms with E-state index in [0.29, 0.717) is 6.04 Å². The molecule has 0 aliphatic heterocycles. The Labute approximate surface area is 118 Å². The van der Waals surface area contributed by atoms with E-state index < -0.39 is 0 Å². The van der Waals surface area contributed by atoms with Crippen LogP contribution in [0.4, 0.5) is 5.82 Å². The fourth-order valence-corrected chi connectivity index (χ4v) is 2.78. The molecule has 0 radical (unpaired) electrons. The Bertz CT molecular complexity index is 693. The summed E-state index contributed by atoms with van der Waals surface area (Å²) in [6.07, 6.45) is 5.15. The number of anilines is 1. The van der Waals surface area contributed by atoms with Gasteiger partial charge in [0.1, 0.15) is 11.9 Å². The lowest BCUT2D eigenvalue weighted by Crippen LogP contribution is -2.29. The van der Waals surface area contributed by atoms with Gasteiger partial charge in [0.05, 0.1) is 11.1 Å². The van der Waals surface area contributed by atoms with Crippen LogP contribution in [0.2, 0.25) is 0 Å². The molecule has 4 rings (SSSR count). The maximum atomic E-state index is 9.46. The van der Waals surface area contributed by atoms with Crippen molar-refractivity contribution >= 4 is 16.7 Å². The van der Waals surface area contributed by atoms with E-state index in [2.05, 4.69) is 11.0 Å². The third-order valence-corrected chi connectivity index (χ3v) is 4.24.